The van der Waals surface area contributed by atoms with Crippen molar-refractivity contribution in [1.82, 2.24) is 0 Å². The van der Waals surface area contributed by atoms with Gasteiger partial charge in [0.15, 0.2) is 5.60 Å². The summed E-state index contributed by atoms with van der Waals surface area (Å²) in [7, 11) is 0. The third-order valence-corrected chi connectivity index (χ3v) is 6.76. The summed E-state index contributed by atoms with van der Waals surface area (Å²) in [6.45, 7) is 4.51. The van der Waals surface area contributed by atoms with E-state index in [1.165, 1.54) is 5.56 Å². The Kier molecular flexibility index (Phi) is 4.64. The summed E-state index contributed by atoms with van der Waals surface area (Å²) in [6.07, 6.45) is 1.68. The monoisotopic (exact) mass is 414 g/mol. The molecule has 2 fully saturated rings. The van der Waals surface area contributed by atoms with E-state index in [1.807, 2.05) is 12.1 Å². The van der Waals surface area contributed by atoms with Gasteiger partial charge in [0.25, 0.3) is 0 Å². The van der Waals surface area contributed by atoms with Gasteiger partial charge in [-0.05, 0) is 43.7 Å². The molecule has 0 bridgehead atoms. The van der Waals surface area contributed by atoms with Crippen molar-refractivity contribution < 1.29 is 4.84 Å². The maximum absolute atomic E-state index is 6.81. The van der Waals surface area contributed by atoms with E-state index in [9.17, 15) is 0 Å². The second-order valence-corrected chi connectivity index (χ2v) is 9.23. The summed E-state index contributed by atoms with van der Waals surface area (Å²) in [5.41, 5.74) is 2.79. The lowest BCUT2D eigenvalue weighted by atomic mass is 9.87. The molecule has 3 nitrogen and oxygen atoms in total. The van der Waals surface area contributed by atoms with Gasteiger partial charge in [0.2, 0.25) is 0 Å². The van der Waals surface area contributed by atoms with Gasteiger partial charge in [-0.2, -0.15) is 0 Å². The number of hydrogen-bond donors (Lipinski definition) is 0. The number of rotatable bonds is 3. The zero-order valence-corrected chi connectivity index (χ0v) is 18.2. The minimum absolute atomic E-state index is 0.109. The van der Waals surface area contributed by atoms with E-state index in [1.54, 1.807) is 0 Å². The quantitative estimate of drug-likeness (QED) is 0.466. The standard InChI is InChI=1S/C26H26N2OS/c1-25(2)19-26(24(30)27(25)21-14-8-4-9-15-21)18-23(20-12-6-3-7-13-20)28(29-26)22-16-10-5-11-17-22/h3-17,23H,18-19H2,1-2H3/t23-,26+/m1/s1. The van der Waals surface area contributed by atoms with Gasteiger partial charge in [0.1, 0.15) is 4.99 Å². The van der Waals surface area contributed by atoms with Crippen LogP contribution in [-0.2, 0) is 4.84 Å². The number of hydroxylamine groups is 1. The van der Waals surface area contributed by atoms with Gasteiger partial charge in [-0.3, -0.25) is 4.84 Å². The summed E-state index contributed by atoms with van der Waals surface area (Å²) in [5.74, 6) is 0. The molecule has 0 radical (unpaired) electrons. The number of anilines is 2. The van der Waals surface area contributed by atoms with Crippen LogP contribution in [0.1, 0.15) is 38.3 Å². The zero-order valence-electron chi connectivity index (χ0n) is 17.4. The lowest BCUT2D eigenvalue weighted by Crippen LogP contribution is -2.42. The third kappa shape index (κ3) is 3.11. The van der Waals surface area contributed by atoms with E-state index in [2.05, 4.69) is 103 Å². The SMILES string of the molecule is CC1(C)C[C@@]2(C[C@H](c3ccccc3)N(c3ccccc3)O2)C(=S)N1c1ccccc1. The van der Waals surface area contributed by atoms with E-state index in [-0.39, 0.29) is 11.6 Å². The van der Waals surface area contributed by atoms with Crippen LogP contribution in [0.3, 0.4) is 0 Å². The molecule has 2 atom stereocenters. The largest absolute Gasteiger partial charge is 0.328 e. The van der Waals surface area contributed by atoms with Crippen molar-refractivity contribution in [2.75, 3.05) is 9.96 Å². The molecule has 152 valence electrons. The molecule has 3 aromatic carbocycles. The predicted molar refractivity (Wildman–Crippen MR) is 127 cm³/mol. The second-order valence-electron chi connectivity index (χ2n) is 8.84. The summed E-state index contributed by atoms with van der Waals surface area (Å²) >= 11 is 6.12. The number of nitrogens with zero attached hydrogens (tertiary/aromatic N) is 2. The Bertz CT molecular complexity index is 989. The molecule has 4 heteroatoms. The highest BCUT2D eigenvalue weighted by molar-refractivity contribution is 7.80. The molecule has 30 heavy (non-hydrogen) atoms. The molecule has 0 aliphatic carbocycles. The van der Waals surface area contributed by atoms with Crippen LogP contribution < -0.4 is 9.96 Å². The summed E-state index contributed by atoms with van der Waals surface area (Å²) in [5, 5.41) is 2.08. The Labute approximate surface area is 183 Å². The first-order valence-corrected chi connectivity index (χ1v) is 10.9. The second kappa shape index (κ2) is 7.22. The molecular formula is C26H26N2OS. The number of thiocarbonyl (C=S) groups is 1. The van der Waals surface area contributed by atoms with E-state index in [0.717, 1.165) is 29.2 Å². The normalized spacial score (nSPS) is 25.3. The number of para-hydroxylation sites is 2. The molecule has 2 heterocycles. The first-order valence-electron chi connectivity index (χ1n) is 10.5. The minimum Gasteiger partial charge on any atom is -0.328 e. The molecule has 2 aliphatic heterocycles. The molecule has 2 aliphatic rings. The van der Waals surface area contributed by atoms with E-state index < -0.39 is 5.60 Å². The van der Waals surface area contributed by atoms with Crippen LogP contribution in [0.2, 0.25) is 0 Å². The summed E-state index contributed by atoms with van der Waals surface area (Å²) < 4.78 is 0. The highest BCUT2D eigenvalue weighted by Crippen LogP contribution is 2.53. The van der Waals surface area contributed by atoms with Gasteiger partial charge in [0, 0.05) is 24.1 Å². The summed E-state index contributed by atoms with van der Waals surface area (Å²) in [6, 6.07) is 31.5. The minimum atomic E-state index is -0.509. The van der Waals surface area contributed by atoms with E-state index in [4.69, 9.17) is 17.1 Å². The first-order chi connectivity index (χ1) is 14.5. The Morgan fingerprint density at radius 1 is 0.800 bits per heavy atom. The van der Waals surface area contributed by atoms with Crippen molar-refractivity contribution in [3.8, 4) is 0 Å². The van der Waals surface area contributed by atoms with Crippen LogP contribution in [-0.4, -0.2) is 16.1 Å². The predicted octanol–water partition coefficient (Wildman–Crippen LogP) is 6.32. The van der Waals surface area contributed by atoms with Crippen molar-refractivity contribution in [2.45, 2.75) is 43.9 Å². The van der Waals surface area contributed by atoms with Gasteiger partial charge in [-0.25, -0.2) is 5.06 Å². The van der Waals surface area contributed by atoms with Crippen LogP contribution in [0.5, 0.6) is 0 Å². The molecule has 0 unspecified atom stereocenters. The van der Waals surface area contributed by atoms with Crippen molar-refractivity contribution in [1.29, 1.82) is 0 Å². The zero-order chi connectivity index (χ0) is 20.8. The van der Waals surface area contributed by atoms with Crippen molar-refractivity contribution >= 4 is 28.6 Å². The van der Waals surface area contributed by atoms with E-state index >= 15 is 0 Å². The van der Waals surface area contributed by atoms with Gasteiger partial charge in [-0.15, -0.1) is 0 Å². The molecule has 1 spiro atoms. The fourth-order valence-corrected chi connectivity index (χ4v) is 5.57. The van der Waals surface area contributed by atoms with Gasteiger partial charge in [0.05, 0.1) is 11.7 Å². The highest BCUT2D eigenvalue weighted by atomic mass is 32.1. The van der Waals surface area contributed by atoms with Crippen molar-refractivity contribution in [3.05, 3.63) is 96.6 Å². The molecule has 2 saturated heterocycles. The van der Waals surface area contributed by atoms with Crippen LogP contribution in [0, 0.1) is 0 Å². The lowest BCUT2D eigenvalue weighted by Gasteiger charge is -2.32. The molecular weight excluding hydrogens is 388 g/mol. The molecule has 0 amide bonds. The Balaban J connectivity index is 1.57. The van der Waals surface area contributed by atoms with Crippen molar-refractivity contribution in [3.63, 3.8) is 0 Å². The van der Waals surface area contributed by atoms with Gasteiger partial charge < -0.3 is 4.90 Å². The average Bonchev–Trinajstić information content (AvgIpc) is 3.24. The lowest BCUT2D eigenvalue weighted by molar-refractivity contribution is 0.0350. The smallest absolute Gasteiger partial charge is 0.151 e. The first kappa shape index (κ1) is 19.3. The molecule has 0 aromatic heterocycles. The van der Waals surface area contributed by atoms with Crippen LogP contribution in [0.15, 0.2) is 91.0 Å². The fourth-order valence-electron chi connectivity index (χ4n) is 5.03. The highest BCUT2D eigenvalue weighted by Gasteiger charge is 2.60. The van der Waals surface area contributed by atoms with Gasteiger partial charge in [-0.1, -0.05) is 78.9 Å². The molecule has 3 aromatic rings. The Hall–Kier alpha value is -2.69. The molecule has 0 saturated carbocycles. The molecule has 0 N–H and O–H groups in total. The number of hydrogen-bond acceptors (Lipinski definition) is 3. The number of benzene rings is 3. The maximum Gasteiger partial charge on any atom is 0.151 e. The fraction of sp³-hybridized carbons (Fsp3) is 0.269. The van der Waals surface area contributed by atoms with Crippen LogP contribution in [0.4, 0.5) is 11.4 Å². The summed E-state index contributed by atoms with van der Waals surface area (Å²) in [4.78, 5) is 9.98. The molecule has 5 rings (SSSR count). The maximum atomic E-state index is 6.81. The van der Waals surface area contributed by atoms with Crippen LogP contribution in [0.25, 0.3) is 0 Å². The van der Waals surface area contributed by atoms with Crippen LogP contribution >= 0.6 is 12.2 Å². The Morgan fingerprint density at radius 3 is 1.93 bits per heavy atom. The van der Waals surface area contributed by atoms with Crippen molar-refractivity contribution in [2.24, 2.45) is 0 Å². The average molecular weight is 415 g/mol. The Morgan fingerprint density at radius 2 is 1.33 bits per heavy atom. The van der Waals surface area contributed by atoms with Gasteiger partial charge >= 0.3 is 0 Å². The van der Waals surface area contributed by atoms with E-state index in [0.29, 0.717) is 0 Å². The topological polar surface area (TPSA) is 15.7 Å². The third-order valence-electron chi connectivity index (χ3n) is 6.21.